The molecule has 0 spiro atoms. The maximum Gasteiger partial charge on any atom is 0.106 e. The zero-order valence-electron chi connectivity index (χ0n) is 34.0. The highest BCUT2D eigenvalue weighted by atomic mass is 32.1. The van der Waals surface area contributed by atoms with Crippen molar-refractivity contribution in [3.63, 3.8) is 0 Å². The molecule has 0 aliphatic carbocycles. The molecule has 274 valence electrons. The van der Waals surface area contributed by atoms with Crippen LogP contribution in [0.1, 0.15) is 5.82 Å². The second kappa shape index (κ2) is 13.4. The molecular formula is C51H39B5N2S. The first-order chi connectivity index (χ1) is 28.7. The second-order valence-corrected chi connectivity index (χ2v) is 18.6. The fraction of sp³-hybridized carbons (Fsp3) is 0.0392. The van der Waals surface area contributed by atoms with E-state index in [9.17, 15) is 0 Å². The highest BCUT2D eigenvalue weighted by molar-refractivity contribution is 7.25. The van der Waals surface area contributed by atoms with E-state index in [1.54, 1.807) is 0 Å². The summed E-state index contributed by atoms with van der Waals surface area (Å²) in [5.74, 6) is 1.08. The molecule has 11 rings (SSSR count). The van der Waals surface area contributed by atoms with E-state index in [0.717, 1.165) is 22.5 Å². The normalized spacial score (nSPS) is 12.4. The summed E-state index contributed by atoms with van der Waals surface area (Å²) in [4.78, 5) is 5.36. The molecule has 2 aromatic heterocycles. The Bertz CT molecular complexity index is 3470. The minimum Gasteiger partial charge on any atom is -0.296 e. The van der Waals surface area contributed by atoms with Crippen LogP contribution in [0.5, 0.6) is 0 Å². The lowest BCUT2D eigenvalue weighted by Gasteiger charge is -2.39. The lowest BCUT2D eigenvalue weighted by molar-refractivity contribution is 0.758. The third kappa shape index (κ3) is 5.57. The largest absolute Gasteiger partial charge is 0.296 e. The van der Waals surface area contributed by atoms with Crippen LogP contribution < -0.4 is 0 Å². The van der Waals surface area contributed by atoms with E-state index < -0.39 is 0 Å². The van der Waals surface area contributed by atoms with Crippen molar-refractivity contribution in [3.05, 3.63) is 182 Å². The average molecular weight is 766 g/mol. The van der Waals surface area contributed by atoms with Gasteiger partial charge in [-0.15, -0.1) is 16.4 Å². The van der Waals surface area contributed by atoms with Crippen LogP contribution in [0.15, 0.2) is 176 Å². The Morgan fingerprint density at radius 1 is 0.424 bits per heavy atom. The standard InChI is InChI=1S/C51H39B5N2S/c52-50(53,51(54,55)56)49-57-42-19-9-10-20-44(42)58(49)43-26-25-38(33-14-4-5-15-34(33)43)48-37-18-7-6-17-36(37)47(41-28-31(22-24-39(41)48)30-12-2-1-3-13-30)32-23-27-46-40(29-32)35-16-8-11-21-45(35)59-46/h1-29H,52-56H2. The zero-order valence-corrected chi connectivity index (χ0v) is 34.9. The van der Waals surface area contributed by atoms with Crippen LogP contribution in [0, 0.1) is 0 Å². The van der Waals surface area contributed by atoms with E-state index in [2.05, 4.69) is 220 Å². The number of nitrogens with zero attached hydrogens (tertiary/aromatic N) is 2. The highest BCUT2D eigenvalue weighted by Crippen LogP contribution is 2.48. The molecule has 0 bridgehead atoms. The molecule has 0 unspecified atom stereocenters. The van der Waals surface area contributed by atoms with Gasteiger partial charge in [-0.05, 0) is 108 Å². The SMILES string of the molecule is BC(B)(B)C(B)(B)c1nc2ccccc2n1-c1ccc(-c2c3ccccc3c(-c3ccc4sc5ccccc5c4c3)c3cc(-c4ccccc4)ccc23)c2ccccc12. The van der Waals surface area contributed by atoms with Gasteiger partial charge in [0.25, 0.3) is 0 Å². The molecule has 2 nitrogen and oxygen atoms in total. The Kier molecular flexibility index (Phi) is 8.16. The predicted molar refractivity (Wildman–Crippen MR) is 270 cm³/mol. The van der Waals surface area contributed by atoms with Crippen LogP contribution in [0.2, 0.25) is 5.11 Å². The lowest BCUT2D eigenvalue weighted by Crippen LogP contribution is -2.45. The Labute approximate surface area is 353 Å². The van der Waals surface area contributed by atoms with Gasteiger partial charge in [0.2, 0.25) is 0 Å². The van der Waals surface area contributed by atoms with Crippen molar-refractivity contribution in [2.24, 2.45) is 0 Å². The predicted octanol–water partition coefficient (Wildman–Crippen LogP) is 9.25. The van der Waals surface area contributed by atoms with E-state index in [1.165, 1.54) is 85.9 Å². The molecule has 0 fully saturated rings. The van der Waals surface area contributed by atoms with Crippen molar-refractivity contribution < 1.29 is 0 Å². The number of fused-ring (bicyclic) bond motifs is 7. The van der Waals surface area contributed by atoms with Crippen LogP contribution in [0.4, 0.5) is 0 Å². The Balaban J connectivity index is 1.23. The summed E-state index contributed by atoms with van der Waals surface area (Å²) < 4.78 is 5.07. The molecule has 0 saturated carbocycles. The molecular weight excluding hydrogens is 727 g/mol. The molecule has 0 saturated heterocycles. The van der Waals surface area contributed by atoms with Crippen LogP contribution in [0.25, 0.3) is 103 Å². The molecule has 0 amide bonds. The molecule has 59 heavy (non-hydrogen) atoms. The summed E-state index contributed by atoms with van der Waals surface area (Å²) >= 11 is 1.87. The molecule has 0 radical (unpaired) electrons. The van der Waals surface area contributed by atoms with Crippen LogP contribution in [-0.2, 0) is 5.21 Å². The summed E-state index contributed by atoms with van der Waals surface area (Å²) in [5.41, 5.74) is 10.7. The van der Waals surface area contributed by atoms with Crippen molar-refractivity contribution in [1.82, 2.24) is 9.55 Å². The van der Waals surface area contributed by atoms with Gasteiger partial charge in [-0.25, -0.2) is 4.98 Å². The number of imidazole rings is 1. The average Bonchev–Trinajstić information content (AvgIpc) is 3.84. The van der Waals surface area contributed by atoms with E-state index >= 15 is 0 Å². The van der Waals surface area contributed by atoms with E-state index in [1.807, 2.05) is 11.3 Å². The monoisotopic (exact) mass is 766 g/mol. The van der Waals surface area contributed by atoms with Crippen molar-refractivity contribution in [2.45, 2.75) is 10.3 Å². The van der Waals surface area contributed by atoms with Gasteiger partial charge in [-0.1, -0.05) is 133 Å². The molecule has 9 aromatic carbocycles. The number of benzene rings is 9. The summed E-state index contributed by atoms with van der Waals surface area (Å²) in [6.07, 6.45) is 0. The smallest absolute Gasteiger partial charge is 0.106 e. The molecule has 0 aliphatic rings. The Hall–Kier alpha value is -6.23. The molecule has 0 atom stereocenters. The van der Waals surface area contributed by atoms with Gasteiger partial charge < -0.3 is 0 Å². The Morgan fingerprint density at radius 3 is 1.80 bits per heavy atom. The topological polar surface area (TPSA) is 17.8 Å². The Morgan fingerprint density at radius 2 is 1.02 bits per heavy atom. The summed E-state index contributed by atoms with van der Waals surface area (Å²) in [7, 11) is 11.6. The number of thiophene rings is 1. The highest BCUT2D eigenvalue weighted by Gasteiger charge is 2.38. The summed E-state index contributed by atoms with van der Waals surface area (Å²) in [6, 6.07) is 65.1. The quantitative estimate of drug-likeness (QED) is 0.122. The number of rotatable bonds is 6. The van der Waals surface area contributed by atoms with Gasteiger partial charge in [0, 0.05) is 25.6 Å². The third-order valence-corrected chi connectivity index (χ3v) is 14.4. The fourth-order valence-corrected chi connectivity index (χ4v) is 10.3. The fourth-order valence-electron chi connectivity index (χ4n) is 9.19. The van der Waals surface area contributed by atoms with E-state index in [4.69, 9.17) is 4.98 Å². The molecule has 2 heterocycles. The van der Waals surface area contributed by atoms with Gasteiger partial charge in [0.05, 0.1) is 40.3 Å². The van der Waals surface area contributed by atoms with Gasteiger partial charge in [-0.3, -0.25) is 4.57 Å². The van der Waals surface area contributed by atoms with Gasteiger partial charge in [0.1, 0.15) is 21.5 Å². The summed E-state index contributed by atoms with van der Waals surface area (Å²) in [6.45, 7) is 0. The van der Waals surface area contributed by atoms with Gasteiger partial charge in [0.15, 0.2) is 0 Å². The second-order valence-electron chi connectivity index (χ2n) is 17.5. The molecule has 11 aromatic rings. The first kappa shape index (κ1) is 35.9. The van der Waals surface area contributed by atoms with Crippen LogP contribution in [-0.4, -0.2) is 48.8 Å². The number of hydrogen-bond acceptors (Lipinski definition) is 2. The van der Waals surface area contributed by atoms with Crippen molar-refractivity contribution in [2.75, 3.05) is 0 Å². The number of aromatic nitrogens is 2. The maximum absolute atomic E-state index is 5.36. The van der Waals surface area contributed by atoms with Crippen LogP contribution in [0.3, 0.4) is 0 Å². The first-order valence-corrected chi connectivity index (χ1v) is 21.4. The minimum absolute atomic E-state index is 0.0267. The summed E-state index contributed by atoms with van der Waals surface area (Å²) in [5, 5.41) is 9.80. The van der Waals surface area contributed by atoms with E-state index in [-0.39, 0.29) is 10.3 Å². The van der Waals surface area contributed by atoms with Crippen molar-refractivity contribution >= 4 is 114 Å². The van der Waals surface area contributed by atoms with Crippen molar-refractivity contribution in [3.8, 4) is 39.1 Å². The lowest BCUT2D eigenvalue weighted by atomic mass is 9.23. The van der Waals surface area contributed by atoms with Gasteiger partial charge in [-0.2, -0.15) is 0 Å². The van der Waals surface area contributed by atoms with Crippen LogP contribution >= 0.6 is 11.3 Å². The van der Waals surface area contributed by atoms with Crippen molar-refractivity contribution in [1.29, 1.82) is 0 Å². The van der Waals surface area contributed by atoms with E-state index in [0.29, 0.717) is 0 Å². The molecule has 0 aliphatic heterocycles. The molecule has 0 N–H and O–H groups in total. The van der Waals surface area contributed by atoms with Gasteiger partial charge >= 0.3 is 0 Å². The molecule has 8 heteroatoms. The minimum atomic E-state index is -0.219. The maximum atomic E-state index is 5.36. The third-order valence-electron chi connectivity index (χ3n) is 13.2. The number of para-hydroxylation sites is 2. The zero-order chi connectivity index (χ0) is 40.0. The number of hydrogen-bond donors (Lipinski definition) is 0. The first-order valence-electron chi connectivity index (χ1n) is 20.6.